The standard InChI is InChI=1S/C13H19N3O5/c14-10(17)4-9(13(20)21)15-12(19)8-3-11(18)16(6-8)5-7-1-2-7/h7-9H,1-6H2,(H2,14,17)(H,15,19)(H,20,21)/t8?,9-/m0/s1. The van der Waals surface area contributed by atoms with Gasteiger partial charge in [0.05, 0.1) is 12.3 Å². The Hall–Kier alpha value is -2.12. The van der Waals surface area contributed by atoms with Crippen LogP contribution in [0.2, 0.25) is 0 Å². The third kappa shape index (κ3) is 4.17. The Balaban J connectivity index is 1.88. The van der Waals surface area contributed by atoms with Crippen LogP contribution in [-0.2, 0) is 19.2 Å². The molecule has 1 aliphatic carbocycles. The minimum atomic E-state index is -1.34. The molecule has 8 heteroatoms. The van der Waals surface area contributed by atoms with Gasteiger partial charge in [-0.05, 0) is 18.8 Å². The lowest BCUT2D eigenvalue weighted by molar-refractivity contribution is -0.143. The van der Waals surface area contributed by atoms with Gasteiger partial charge in [0.25, 0.3) is 0 Å². The van der Waals surface area contributed by atoms with Crippen molar-refractivity contribution in [1.82, 2.24) is 10.2 Å². The number of nitrogens with two attached hydrogens (primary N) is 1. The number of nitrogens with zero attached hydrogens (tertiary/aromatic N) is 1. The summed E-state index contributed by atoms with van der Waals surface area (Å²) in [5, 5.41) is 11.2. The number of carboxylic acid groups (broad SMARTS) is 1. The molecule has 4 N–H and O–H groups in total. The molecule has 2 fully saturated rings. The molecule has 21 heavy (non-hydrogen) atoms. The molecule has 0 aromatic heterocycles. The van der Waals surface area contributed by atoms with Crippen molar-refractivity contribution in [2.75, 3.05) is 13.1 Å². The molecule has 0 spiro atoms. The maximum Gasteiger partial charge on any atom is 0.326 e. The summed E-state index contributed by atoms with van der Waals surface area (Å²) in [4.78, 5) is 47.3. The van der Waals surface area contributed by atoms with Gasteiger partial charge in [0.15, 0.2) is 0 Å². The molecule has 3 amide bonds. The number of hydrogen-bond donors (Lipinski definition) is 3. The fraction of sp³-hybridized carbons (Fsp3) is 0.692. The van der Waals surface area contributed by atoms with Crippen LogP contribution in [0.5, 0.6) is 0 Å². The highest BCUT2D eigenvalue weighted by Crippen LogP contribution is 2.32. The van der Waals surface area contributed by atoms with Crippen molar-refractivity contribution in [2.24, 2.45) is 17.6 Å². The molecule has 0 aromatic rings. The zero-order valence-corrected chi connectivity index (χ0v) is 11.6. The van der Waals surface area contributed by atoms with E-state index in [-0.39, 0.29) is 12.3 Å². The average Bonchev–Trinajstić information content (AvgIpc) is 3.11. The Morgan fingerprint density at radius 3 is 2.57 bits per heavy atom. The van der Waals surface area contributed by atoms with Crippen LogP contribution < -0.4 is 11.1 Å². The van der Waals surface area contributed by atoms with E-state index in [4.69, 9.17) is 10.8 Å². The van der Waals surface area contributed by atoms with Crippen molar-refractivity contribution in [1.29, 1.82) is 0 Å². The third-order valence-electron chi connectivity index (χ3n) is 3.78. The van der Waals surface area contributed by atoms with Gasteiger partial charge >= 0.3 is 5.97 Å². The fourth-order valence-corrected chi connectivity index (χ4v) is 2.43. The number of rotatable bonds is 7. The molecule has 0 radical (unpaired) electrons. The molecule has 2 rings (SSSR count). The van der Waals surface area contributed by atoms with E-state index in [1.54, 1.807) is 4.90 Å². The summed E-state index contributed by atoms with van der Waals surface area (Å²) in [5.41, 5.74) is 4.95. The summed E-state index contributed by atoms with van der Waals surface area (Å²) < 4.78 is 0. The SMILES string of the molecule is NC(=O)C[C@H](NC(=O)C1CC(=O)N(CC2CC2)C1)C(=O)O. The number of primary amides is 1. The molecule has 1 saturated carbocycles. The minimum Gasteiger partial charge on any atom is -0.480 e. The van der Waals surface area contributed by atoms with Crippen molar-refractivity contribution in [2.45, 2.75) is 31.7 Å². The van der Waals surface area contributed by atoms with Crippen molar-refractivity contribution in [3.63, 3.8) is 0 Å². The highest BCUT2D eigenvalue weighted by molar-refractivity contribution is 5.92. The number of aliphatic carboxylic acids is 1. The maximum atomic E-state index is 12.0. The summed E-state index contributed by atoms with van der Waals surface area (Å²) in [6, 6.07) is -1.34. The first-order chi connectivity index (χ1) is 9.86. The lowest BCUT2D eigenvalue weighted by Crippen LogP contribution is -2.46. The molecule has 2 atom stereocenters. The molecule has 1 aliphatic heterocycles. The number of nitrogens with one attached hydrogen (secondary N) is 1. The Kier molecular flexibility index (Phi) is 4.44. The summed E-state index contributed by atoms with van der Waals surface area (Å²) in [5.74, 6) is -2.75. The zero-order chi connectivity index (χ0) is 15.6. The number of carbonyl (C=O) groups is 4. The Morgan fingerprint density at radius 1 is 1.38 bits per heavy atom. The summed E-state index contributed by atoms with van der Waals surface area (Å²) in [6.45, 7) is 0.982. The molecule has 1 saturated heterocycles. The first-order valence-corrected chi connectivity index (χ1v) is 6.96. The molecule has 0 bridgehead atoms. The van der Waals surface area contributed by atoms with Crippen LogP contribution in [0.15, 0.2) is 0 Å². The van der Waals surface area contributed by atoms with E-state index in [1.807, 2.05) is 0 Å². The van der Waals surface area contributed by atoms with Gasteiger partial charge in [0.1, 0.15) is 6.04 Å². The van der Waals surface area contributed by atoms with Crippen LogP contribution in [0.3, 0.4) is 0 Å². The average molecular weight is 297 g/mol. The van der Waals surface area contributed by atoms with Gasteiger partial charge in [0, 0.05) is 19.5 Å². The van der Waals surface area contributed by atoms with E-state index in [0.717, 1.165) is 12.8 Å². The van der Waals surface area contributed by atoms with Gasteiger partial charge in [-0.15, -0.1) is 0 Å². The molecule has 1 unspecified atom stereocenters. The minimum absolute atomic E-state index is 0.0798. The van der Waals surface area contributed by atoms with E-state index in [1.165, 1.54) is 0 Å². The van der Waals surface area contributed by atoms with Crippen molar-refractivity contribution < 1.29 is 24.3 Å². The predicted molar refractivity (Wildman–Crippen MR) is 70.8 cm³/mol. The van der Waals surface area contributed by atoms with Gasteiger partial charge in [0.2, 0.25) is 17.7 Å². The molecule has 1 heterocycles. The number of carbonyl (C=O) groups excluding carboxylic acids is 3. The summed E-state index contributed by atoms with van der Waals surface area (Å²) >= 11 is 0. The summed E-state index contributed by atoms with van der Waals surface area (Å²) in [7, 11) is 0. The Bertz CT molecular complexity index is 474. The van der Waals surface area contributed by atoms with Crippen LogP contribution in [0.25, 0.3) is 0 Å². The largest absolute Gasteiger partial charge is 0.480 e. The molecule has 0 aromatic carbocycles. The molecule has 2 aliphatic rings. The van der Waals surface area contributed by atoms with Crippen LogP contribution in [0.4, 0.5) is 0 Å². The maximum absolute atomic E-state index is 12.0. The Labute approximate surface area is 121 Å². The highest BCUT2D eigenvalue weighted by atomic mass is 16.4. The first-order valence-electron chi connectivity index (χ1n) is 6.96. The normalized spacial score (nSPS) is 23.0. The topological polar surface area (TPSA) is 130 Å². The smallest absolute Gasteiger partial charge is 0.326 e. The van der Waals surface area contributed by atoms with E-state index >= 15 is 0 Å². The molecule has 8 nitrogen and oxygen atoms in total. The van der Waals surface area contributed by atoms with Gasteiger partial charge in [-0.1, -0.05) is 0 Å². The van der Waals surface area contributed by atoms with Gasteiger partial charge in [-0.2, -0.15) is 0 Å². The van der Waals surface area contributed by atoms with E-state index in [9.17, 15) is 19.2 Å². The van der Waals surface area contributed by atoms with E-state index in [2.05, 4.69) is 5.32 Å². The third-order valence-corrected chi connectivity index (χ3v) is 3.78. The van der Waals surface area contributed by atoms with E-state index in [0.29, 0.717) is 19.0 Å². The lowest BCUT2D eigenvalue weighted by atomic mass is 10.1. The van der Waals surface area contributed by atoms with Crippen LogP contribution in [0.1, 0.15) is 25.7 Å². The number of carboxylic acids is 1. The second-order valence-corrected chi connectivity index (χ2v) is 5.71. The highest BCUT2D eigenvalue weighted by Gasteiger charge is 2.38. The fourth-order valence-electron chi connectivity index (χ4n) is 2.43. The monoisotopic (exact) mass is 297 g/mol. The van der Waals surface area contributed by atoms with E-state index < -0.39 is 36.2 Å². The number of hydrogen-bond acceptors (Lipinski definition) is 4. The number of likely N-dealkylation sites (tertiary alicyclic amines) is 1. The second-order valence-electron chi connectivity index (χ2n) is 5.71. The molecular formula is C13H19N3O5. The zero-order valence-electron chi connectivity index (χ0n) is 11.6. The van der Waals surface area contributed by atoms with Gasteiger partial charge < -0.3 is 21.1 Å². The Morgan fingerprint density at radius 2 is 2.05 bits per heavy atom. The second kappa shape index (κ2) is 6.11. The van der Waals surface area contributed by atoms with Crippen molar-refractivity contribution >= 4 is 23.7 Å². The molecular weight excluding hydrogens is 278 g/mol. The van der Waals surface area contributed by atoms with Crippen LogP contribution in [-0.4, -0.2) is 52.8 Å². The first kappa shape index (κ1) is 15.3. The quantitative estimate of drug-likeness (QED) is 0.537. The number of amides is 3. The molecule has 116 valence electrons. The van der Waals surface area contributed by atoms with Crippen molar-refractivity contribution in [3.8, 4) is 0 Å². The van der Waals surface area contributed by atoms with Crippen LogP contribution >= 0.6 is 0 Å². The van der Waals surface area contributed by atoms with Crippen molar-refractivity contribution in [3.05, 3.63) is 0 Å². The lowest BCUT2D eigenvalue weighted by Gasteiger charge is -2.17. The summed E-state index contributed by atoms with van der Waals surface area (Å²) in [6.07, 6.45) is 1.84. The van der Waals surface area contributed by atoms with Crippen LogP contribution in [0, 0.1) is 11.8 Å². The predicted octanol–water partition coefficient (Wildman–Crippen LogP) is -1.31. The van der Waals surface area contributed by atoms with Gasteiger partial charge in [-0.25, -0.2) is 4.79 Å². The van der Waals surface area contributed by atoms with Gasteiger partial charge in [-0.3, -0.25) is 14.4 Å².